The molecule has 0 radical (unpaired) electrons. The quantitative estimate of drug-likeness (QED) is 0.228. The lowest BCUT2D eigenvalue weighted by Gasteiger charge is -2.43. The maximum atomic E-state index is 9.88. The van der Waals surface area contributed by atoms with E-state index in [2.05, 4.69) is 0 Å². The summed E-state index contributed by atoms with van der Waals surface area (Å²) >= 11 is 0. The number of aliphatic hydroxyl groups excluding tert-OH is 9. The molecular weight excluding hydrogens is 292 g/mol. The molecule has 10 nitrogen and oxygen atoms in total. The minimum Gasteiger partial charge on any atom is -0.394 e. The van der Waals surface area contributed by atoms with E-state index < -0.39 is 68.1 Å². The van der Waals surface area contributed by atoms with Crippen LogP contribution in [0.5, 0.6) is 0 Å². The summed E-state index contributed by atoms with van der Waals surface area (Å²) in [6, 6.07) is 0. The van der Waals surface area contributed by atoms with Crippen molar-refractivity contribution in [2.45, 2.75) is 54.9 Å². The molecule has 0 saturated carbocycles. The van der Waals surface area contributed by atoms with Gasteiger partial charge >= 0.3 is 0 Å². The second-order valence-corrected chi connectivity index (χ2v) is 5.02. The third kappa shape index (κ3) is 3.87. The molecule has 0 aliphatic carbocycles. The molecule has 0 aromatic rings. The van der Waals surface area contributed by atoms with Gasteiger partial charge in [-0.2, -0.15) is 0 Å². The summed E-state index contributed by atoms with van der Waals surface area (Å²) in [5.74, 6) is 0. The molecule has 9 atom stereocenters. The van der Waals surface area contributed by atoms with E-state index in [1.807, 2.05) is 0 Å². The first-order valence-corrected chi connectivity index (χ1v) is 6.39. The Balaban J connectivity index is 2.82. The first-order chi connectivity index (χ1) is 9.76. The molecular formula is C11H22O10. The Labute approximate surface area is 120 Å². The second-order valence-electron chi connectivity index (χ2n) is 5.02. The highest BCUT2D eigenvalue weighted by Gasteiger charge is 2.48. The van der Waals surface area contributed by atoms with Crippen LogP contribution in [-0.4, -0.2) is 114 Å². The Hall–Kier alpha value is -0.400. The largest absolute Gasteiger partial charge is 0.394 e. The van der Waals surface area contributed by atoms with Crippen molar-refractivity contribution in [3.63, 3.8) is 0 Å². The van der Waals surface area contributed by atoms with Gasteiger partial charge in [0.25, 0.3) is 0 Å². The van der Waals surface area contributed by atoms with Crippen molar-refractivity contribution >= 4 is 0 Å². The van der Waals surface area contributed by atoms with Gasteiger partial charge in [-0.15, -0.1) is 0 Å². The van der Waals surface area contributed by atoms with Crippen molar-refractivity contribution < 1.29 is 50.7 Å². The molecule has 5 unspecified atom stereocenters. The molecule has 1 fully saturated rings. The molecule has 1 aliphatic rings. The van der Waals surface area contributed by atoms with E-state index in [1.165, 1.54) is 0 Å². The fourth-order valence-corrected chi connectivity index (χ4v) is 2.14. The summed E-state index contributed by atoms with van der Waals surface area (Å²) in [5, 5.41) is 84.8. The highest BCUT2D eigenvalue weighted by molar-refractivity contribution is 4.97. The molecule has 0 aromatic heterocycles. The Morgan fingerprint density at radius 3 is 1.86 bits per heavy atom. The van der Waals surface area contributed by atoms with Crippen LogP contribution < -0.4 is 0 Å². The lowest BCUT2D eigenvalue weighted by atomic mass is 9.88. The molecule has 1 aliphatic heterocycles. The number of hydrogen-bond donors (Lipinski definition) is 9. The molecule has 1 rings (SSSR count). The van der Waals surface area contributed by atoms with Crippen LogP contribution in [0.15, 0.2) is 0 Å². The molecule has 1 saturated heterocycles. The van der Waals surface area contributed by atoms with Gasteiger partial charge in [-0.25, -0.2) is 0 Å². The van der Waals surface area contributed by atoms with Crippen molar-refractivity contribution in [3.05, 3.63) is 0 Å². The fourth-order valence-electron chi connectivity index (χ4n) is 2.14. The highest BCUT2D eigenvalue weighted by Crippen LogP contribution is 2.25. The van der Waals surface area contributed by atoms with Crippen molar-refractivity contribution in [2.24, 2.45) is 0 Å². The summed E-state index contributed by atoms with van der Waals surface area (Å²) in [6.07, 6.45) is -15.7. The van der Waals surface area contributed by atoms with Gasteiger partial charge in [-0.3, -0.25) is 0 Å². The van der Waals surface area contributed by atoms with E-state index in [9.17, 15) is 35.7 Å². The third-order valence-corrected chi connectivity index (χ3v) is 3.55. The molecule has 0 aromatic carbocycles. The predicted molar refractivity (Wildman–Crippen MR) is 64.9 cm³/mol. The summed E-state index contributed by atoms with van der Waals surface area (Å²) in [6.45, 7) is -1.59. The van der Waals surface area contributed by atoms with Gasteiger partial charge in [0, 0.05) is 0 Å². The zero-order valence-corrected chi connectivity index (χ0v) is 11.0. The van der Waals surface area contributed by atoms with E-state index >= 15 is 0 Å². The predicted octanol–water partition coefficient (Wildman–Crippen LogP) is -5.74. The average Bonchev–Trinajstić information content (AvgIpc) is 2.50. The van der Waals surface area contributed by atoms with Crippen molar-refractivity contribution in [2.75, 3.05) is 13.2 Å². The van der Waals surface area contributed by atoms with Crippen LogP contribution in [-0.2, 0) is 4.74 Å². The molecule has 126 valence electrons. The first kappa shape index (κ1) is 18.6. The van der Waals surface area contributed by atoms with Crippen LogP contribution in [0.4, 0.5) is 0 Å². The lowest BCUT2D eigenvalue weighted by molar-refractivity contribution is -0.263. The molecule has 9 N–H and O–H groups in total. The van der Waals surface area contributed by atoms with Crippen LogP contribution in [0.25, 0.3) is 0 Å². The van der Waals surface area contributed by atoms with Gasteiger partial charge in [0.15, 0.2) is 0 Å². The smallest absolute Gasteiger partial charge is 0.115 e. The molecule has 1 heterocycles. The fraction of sp³-hybridized carbons (Fsp3) is 1.00. The zero-order chi connectivity index (χ0) is 16.3. The van der Waals surface area contributed by atoms with E-state index in [1.54, 1.807) is 0 Å². The molecule has 0 amide bonds. The van der Waals surface area contributed by atoms with Crippen molar-refractivity contribution in [3.8, 4) is 0 Å². The van der Waals surface area contributed by atoms with E-state index in [-0.39, 0.29) is 0 Å². The average molecular weight is 314 g/mol. The van der Waals surface area contributed by atoms with Crippen LogP contribution in [0, 0.1) is 0 Å². The number of hydrogen-bond acceptors (Lipinski definition) is 10. The normalized spacial score (nSPS) is 39.6. The van der Waals surface area contributed by atoms with Gasteiger partial charge < -0.3 is 50.7 Å². The lowest BCUT2D eigenvalue weighted by Crippen LogP contribution is -2.64. The highest BCUT2D eigenvalue weighted by atomic mass is 16.6. The van der Waals surface area contributed by atoms with Crippen LogP contribution in [0.1, 0.15) is 0 Å². The Bertz CT molecular complexity index is 313. The molecule has 0 bridgehead atoms. The van der Waals surface area contributed by atoms with Crippen molar-refractivity contribution in [1.82, 2.24) is 0 Å². The first-order valence-electron chi connectivity index (χ1n) is 6.39. The third-order valence-electron chi connectivity index (χ3n) is 3.55. The topological polar surface area (TPSA) is 191 Å². The van der Waals surface area contributed by atoms with Gasteiger partial charge in [-0.1, -0.05) is 0 Å². The second kappa shape index (κ2) is 7.74. The number of ether oxygens (including phenoxy) is 1. The Morgan fingerprint density at radius 2 is 1.38 bits per heavy atom. The summed E-state index contributed by atoms with van der Waals surface area (Å²) in [5.41, 5.74) is 0. The van der Waals surface area contributed by atoms with Gasteiger partial charge in [0.05, 0.1) is 13.2 Å². The van der Waals surface area contributed by atoms with Gasteiger partial charge in [0.2, 0.25) is 0 Å². The number of aliphatic hydroxyl groups is 9. The Morgan fingerprint density at radius 1 is 0.810 bits per heavy atom. The number of rotatable bonds is 6. The van der Waals surface area contributed by atoms with Gasteiger partial charge in [-0.05, 0) is 0 Å². The summed E-state index contributed by atoms with van der Waals surface area (Å²) in [7, 11) is 0. The van der Waals surface area contributed by atoms with Gasteiger partial charge in [0.1, 0.15) is 54.9 Å². The zero-order valence-electron chi connectivity index (χ0n) is 11.0. The molecule has 10 heteroatoms. The standard InChI is InChI=1S/C11H22O10/c12-1-3(14)5(15)7(17)9(19)11-10(20)8(18)6(16)4(2-13)21-11/h3-20H,1-2H2/t3?,4-,5?,6-,7?,8+,9?,10-,11?/m1/s1. The van der Waals surface area contributed by atoms with Crippen LogP contribution in [0.3, 0.4) is 0 Å². The SMILES string of the molecule is OCC(O)C(O)C(O)C(O)C1O[C@H](CO)[C@@H](O)[C@H](O)[C@H]1O. The van der Waals surface area contributed by atoms with Crippen LogP contribution in [0.2, 0.25) is 0 Å². The van der Waals surface area contributed by atoms with E-state index in [4.69, 9.17) is 14.9 Å². The molecule has 0 spiro atoms. The maximum absolute atomic E-state index is 9.88. The van der Waals surface area contributed by atoms with E-state index in [0.29, 0.717) is 0 Å². The van der Waals surface area contributed by atoms with Crippen LogP contribution >= 0.6 is 0 Å². The summed E-state index contributed by atoms with van der Waals surface area (Å²) in [4.78, 5) is 0. The van der Waals surface area contributed by atoms with Crippen molar-refractivity contribution in [1.29, 1.82) is 0 Å². The maximum Gasteiger partial charge on any atom is 0.115 e. The molecule has 21 heavy (non-hydrogen) atoms. The minimum absolute atomic E-state index is 0.716. The minimum atomic E-state index is -2.01. The Kier molecular flexibility index (Phi) is 6.87. The monoisotopic (exact) mass is 314 g/mol. The van der Waals surface area contributed by atoms with E-state index in [0.717, 1.165) is 0 Å². The summed E-state index contributed by atoms with van der Waals surface area (Å²) < 4.78 is 5.00.